The maximum Gasteiger partial charge on any atom is 0.224 e. The number of anilines is 1. The molecule has 0 aliphatic rings. The first kappa shape index (κ1) is 14.1. The van der Waals surface area contributed by atoms with Gasteiger partial charge in [0.25, 0.3) is 0 Å². The molecule has 3 rings (SSSR count). The molecule has 112 valence electrons. The lowest BCUT2D eigenvalue weighted by Crippen LogP contribution is -2.14. The van der Waals surface area contributed by atoms with Crippen LogP contribution >= 0.6 is 0 Å². The lowest BCUT2D eigenvalue weighted by molar-refractivity contribution is -0.116. The van der Waals surface area contributed by atoms with Gasteiger partial charge in [0, 0.05) is 18.2 Å². The SMILES string of the molecule is Cc1nn2cnnc2c(C)c1CCC(=O)Nc1cccnc1. The highest BCUT2D eigenvalue weighted by Crippen LogP contribution is 2.17. The quantitative estimate of drug-likeness (QED) is 0.792. The molecule has 7 nitrogen and oxygen atoms in total. The van der Waals surface area contributed by atoms with E-state index in [1.807, 2.05) is 19.9 Å². The van der Waals surface area contributed by atoms with Gasteiger partial charge in [-0.05, 0) is 38.0 Å². The maximum absolute atomic E-state index is 12.0. The van der Waals surface area contributed by atoms with Crippen LogP contribution in [0.5, 0.6) is 0 Å². The topological polar surface area (TPSA) is 85.1 Å². The number of amides is 1. The molecule has 0 aliphatic heterocycles. The normalized spacial score (nSPS) is 10.8. The molecule has 0 bridgehead atoms. The summed E-state index contributed by atoms with van der Waals surface area (Å²) in [5.41, 5.74) is 4.38. The monoisotopic (exact) mass is 296 g/mol. The van der Waals surface area contributed by atoms with Crippen molar-refractivity contribution in [2.45, 2.75) is 26.7 Å². The van der Waals surface area contributed by atoms with E-state index < -0.39 is 0 Å². The van der Waals surface area contributed by atoms with E-state index in [0.717, 1.165) is 22.5 Å². The summed E-state index contributed by atoms with van der Waals surface area (Å²) in [6.07, 6.45) is 5.86. The summed E-state index contributed by atoms with van der Waals surface area (Å²) in [5, 5.41) is 15.2. The van der Waals surface area contributed by atoms with Gasteiger partial charge in [-0.3, -0.25) is 9.78 Å². The van der Waals surface area contributed by atoms with Crippen molar-refractivity contribution < 1.29 is 4.79 Å². The third kappa shape index (κ3) is 2.78. The van der Waals surface area contributed by atoms with Gasteiger partial charge in [-0.1, -0.05) is 0 Å². The highest BCUT2D eigenvalue weighted by atomic mass is 16.1. The fraction of sp³-hybridized carbons (Fsp3) is 0.267. The molecule has 0 aromatic carbocycles. The maximum atomic E-state index is 12.0. The first-order valence-electron chi connectivity index (χ1n) is 7.01. The highest BCUT2D eigenvalue weighted by Gasteiger charge is 2.12. The Bertz CT molecular complexity index is 812. The van der Waals surface area contributed by atoms with Crippen LogP contribution in [-0.4, -0.2) is 30.7 Å². The zero-order chi connectivity index (χ0) is 15.5. The van der Waals surface area contributed by atoms with Gasteiger partial charge in [0.05, 0.1) is 17.6 Å². The Balaban J connectivity index is 1.72. The summed E-state index contributed by atoms with van der Waals surface area (Å²) >= 11 is 0. The molecule has 3 heterocycles. The Kier molecular flexibility index (Phi) is 3.78. The summed E-state index contributed by atoms with van der Waals surface area (Å²) in [5.74, 6) is -0.0480. The lowest BCUT2D eigenvalue weighted by Gasteiger charge is -2.10. The number of hydrogen-bond acceptors (Lipinski definition) is 5. The molecule has 3 aromatic heterocycles. The van der Waals surface area contributed by atoms with Crippen molar-refractivity contribution in [3.05, 3.63) is 47.7 Å². The van der Waals surface area contributed by atoms with Crippen LogP contribution in [0.25, 0.3) is 5.65 Å². The van der Waals surface area contributed by atoms with Gasteiger partial charge >= 0.3 is 0 Å². The smallest absolute Gasteiger partial charge is 0.224 e. The predicted octanol–water partition coefficient (Wildman–Crippen LogP) is 1.71. The molecule has 0 spiro atoms. The summed E-state index contributed by atoms with van der Waals surface area (Å²) in [7, 11) is 0. The van der Waals surface area contributed by atoms with Crippen LogP contribution in [0.2, 0.25) is 0 Å². The molecule has 3 aromatic rings. The second kappa shape index (κ2) is 5.88. The molecule has 1 N–H and O–H groups in total. The molecular weight excluding hydrogens is 280 g/mol. The lowest BCUT2D eigenvalue weighted by atomic mass is 10.0. The third-order valence-corrected chi connectivity index (χ3v) is 3.56. The Morgan fingerprint density at radius 3 is 3.00 bits per heavy atom. The van der Waals surface area contributed by atoms with Crippen molar-refractivity contribution in [2.24, 2.45) is 0 Å². The largest absolute Gasteiger partial charge is 0.325 e. The zero-order valence-corrected chi connectivity index (χ0v) is 12.4. The number of hydrogen-bond donors (Lipinski definition) is 1. The molecule has 22 heavy (non-hydrogen) atoms. The molecule has 0 saturated carbocycles. The molecule has 7 heteroatoms. The van der Waals surface area contributed by atoms with E-state index in [-0.39, 0.29) is 5.91 Å². The van der Waals surface area contributed by atoms with Crippen molar-refractivity contribution >= 4 is 17.2 Å². The number of rotatable bonds is 4. The fourth-order valence-electron chi connectivity index (χ4n) is 2.45. The van der Waals surface area contributed by atoms with Crippen LogP contribution in [-0.2, 0) is 11.2 Å². The average molecular weight is 296 g/mol. The second-order valence-corrected chi connectivity index (χ2v) is 5.08. The van der Waals surface area contributed by atoms with Crippen LogP contribution < -0.4 is 5.32 Å². The van der Waals surface area contributed by atoms with Crippen molar-refractivity contribution in [2.75, 3.05) is 5.32 Å². The van der Waals surface area contributed by atoms with Gasteiger partial charge in [0.15, 0.2) is 5.65 Å². The van der Waals surface area contributed by atoms with Crippen molar-refractivity contribution in [3.8, 4) is 0 Å². The minimum atomic E-state index is -0.0480. The van der Waals surface area contributed by atoms with Crippen molar-refractivity contribution in [3.63, 3.8) is 0 Å². The number of nitrogens with zero attached hydrogens (tertiary/aromatic N) is 5. The summed E-state index contributed by atoms with van der Waals surface area (Å²) in [6.45, 7) is 3.91. The van der Waals surface area contributed by atoms with Crippen LogP contribution in [0.4, 0.5) is 5.69 Å². The van der Waals surface area contributed by atoms with Gasteiger partial charge in [0.2, 0.25) is 5.91 Å². The summed E-state index contributed by atoms with van der Waals surface area (Å²) < 4.78 is 1.66. The summed E-state index contributed by atoms with van der Waals surface area (Å²) in [6, 6.07) is 3.60. The van der Waals surface area contributed by atoms with E-state index in [1.54, 1.807) is 29.3 Å². The second-order valence-electron chi connectivity index (χ2n) is 5.08. The zero-order valence-electron chi connectivity index (χ0n) is 12.4. The van der Waals surface area contributed by atoms with Crippen LogP contribution in [0, 0.1) is 13.8 Å². The minimum absolute atomic E-state index is 0.0480. The number of pyridine rings is 1. The molecular formula is C15H16N6O. The minimum Gasteiger partial charge on any atom is -0.325 e. The van der Waals surface area contributed by atoms with Crippen LogP contribution in [0.3, 0.4) is 0 Å². The van der Waals surface area contributed by atoms with E-state index in [4.69, 9.17) is 0 Å². The van der Waals surface area contributed by atoms with Crippen molar-refractivity contribution in [1.29, 1.82) is 0 Å². The number of carbonyl (C=O) groups is 1. The fourth-order valence-corrected chi connectivity index (χ4v) is 2.45. The summed E-state index contributed by atoms with van der Waals surface area (Å²) in [4.78, 5) is 16.0. The Morgan fingerprint density at radius 1 is 1.36 bits per heavy atom. The molecule has 0 fully saturated rings. The van der Waals surface area contributed by atoms with E-state index >= 15 is 0 Å². The molecule has 1 amide bonds. The number of aromatic nitrogens is 5. The Morgan fingerprint density at radius 2 is 2.23 bits per heavy atom. The van der Waals surface area contributed by atoms with E-state index in [1.165, 1.54) is 0 Å². The predicted molar refractivity (Wildman–Crippen MR) is 81.4 cm³/mol. The van der Waals surface area contributed by atoms with E-state index in [9.17, 15) is 4.79 Å². The van der Waals surface area contributed by atoms with E-state index in [0.29, 0.717) is 18.5 Å². The average Bonchev–Trinajstić information content (AvgIpc) is 2.96. The first-order chi connectivity index (χ1) is 10.6. The van der Waals surface area contributed by atoms with Gasteiger partial charge < -0.3 is 5.32 Å². The Labute approximate surface area is 127 Å². The van der Waals surface area contributed by atoms with Gasteiger partial charge in [-0.25, -0.2) is 4.52 Å². The van der Waals surface area contributed by atoms with Gasteiger partial charge in [0.1, 0.15) is 6.33 Å². The first-order valence-corrected chi connectivity index (χ1v) is 7.01. The number of aryl methyl sites for hydroxylation is 2. The molecule has 0 unspecified atom stereocenters. The molecule has 0 atom stereocenters. The highest BCUT2D eigenvalue weighted by molar-refractivity contribution is 5.90. The van der Waals surface area contributed by atoms with Gasteiger partial charge in [-0.15, -0.1) is 10.2 Å². The van der Waals surface area contributed by atoms with Crippen LogP contribution in [0.15, 0.2) is 30.9 Å². The van der Waals surface area contributed by atoms with Crippen LogP contribution in [0.1, 0.15) is 23.2 Å². The third-order valence-electron chi connectivity index (χ3n) is 3.56. The standard InChI is InChI=1S/C15H16N6O/c1-10-13(11(2)20-21-9-17-19-15(10)21)5-6-14(22)18-12-4-3-7-16-8-12/h3-4,7-9H,5-6H2,1-2H3,(H,18,22). The van der Waals surface area contributed by atoms with Crippen molar-refractivity contribution in [1.82, 2.24) is 24.8 Å². The number of carbonyl (C=O) groups excluding carboxylic acids is 1. The molecule has 0 aliphatic carbocycles. The number of fused-ring (bicyclic) bond motifs is 1. The molecule has 0 saturated heterocycles. The number of nitrogens with one attached hydrogen (secondary N) is 1. The molecule has 0 radical (unpaired) electrons. The Hall–Kier alpha value is -2.83. The van der Waals surface area contributed by atoms with Gasteiger partial charge in [-0.2, -0.15) is 5.10 Å². The van der Waals surface area contributed by atoms with E-state index in [2.05, 4.69) is 25.6 Å².